The van der Waals surface area contributed by atoms with Crippen LogP contribution in [0.4, 0.5) is 0 Å². The average molecular weight is 260 g/mol. The van der Waals surface area contributed by atoms with E-state index in [-0.39, 0.29) is 5.91 Å². The zero-order valence-corrected chi connectivity index (χ0v) is 10.8. The molecular weight excluding hydrogens is 244 g/mol. The van der Waals surface area contributed by atoms with Gasteiger partial charge in [0, 0.05) is 12.5 Å². The average Bonchev–Trinajstić information content (AvgIpc) is 3.11. The molecule has 2 aliphatic rings. The maximum absolute atomic E-state index is 11.8. The smallest absolute Gasteiger partial charge is 0.264 e. The van der Waals surface area contributed by atoms with Gasteiger partial charge >= 0.3 is 0 Å². The second-order valence-corrected chi connectivity index (χ2v) is 4.85. The van der Waals surface area contributed by atoms with Gasteiger partial charge in [-0.15, -0.1) is 0 Å². The summed E-state index contributed by atoms with van der Waals surface area (Å²) in [5.74, 6) is 0.737. The molecule has 0 spiro atoms. The first-order valence-electron chi connectivity index (χ1n) is 6.44. The second-order valence-electron chi connectivity index (χ2n) is 4.85. The van der Waals surface area contributed by atoms with Gasteiger partial charge in [-0.2, -0.15) is 0 Å². The summed E-state index contributed by atoms with van der Waals surface area (Å²) >= 11 is 0. The predicted molar refractivity (Wildman–Crippen MR) is 70.2 cm³/mol. The maximum Gasteiger partial charge on any atom is 0.264 e. The quantitative estimate of drug-likeness (QED) is 0.891. The van der Waals surface area contributed by atoms with E-state index in [1.54, 1.807) is 7.11 Å². The largest absolute Gasteiger partial charge is 0.497 e. The molecule has 1 heterocycles. The van der Waals surface area contributed by atoms with E-state index in [1.807, 2.05) is 24.3 Å². The number of carbonyl (C=O) groups is 1. The molecule has 19 heavy (non-hydrogen) atoms. The number of rotatable bonds is 4. The lowest BCUT2D eigenvalue weighted by Crippen LogP contribution is -2.36. The molecule has 1 amide bonds. The zero-order chi connectivity index (χ0) is 13.2. The lowest BCUT2D eigenvalue weighted by Gasteiger charge is -2.08. The van der Waals surface area contributed by atoms with E-state index in [0.29, 0.717) is 12.5 Å². The van der Waals surface area contributed by atoms with Crippen molar-refractivity contribution >= 4 is 11.6 Å². The van der Waals surface area contributed by atoms with Crippen LogP contribution < -0.4 is 10.1 Å². The van der Waals surface area contributed by atoms with Crippen LogP contribution in [0.15, 0.2) is 29.4 Å². The van der Waals surface area contributed by atoms with E-state index in [0.717, 1.165) is 29.9 Å². The van der Waals surface area contributed by atoms with Crippen LogP contribution in [0.1, 0.15) is 24.8 Å². The van der Waals surface area contributed by atoms with E-state index in [2.05, 4.69) is 10.5 Å². The first-order valence-corrected chi connectivity index (χ1v) is 6.44. The highest BCUT2D eigenvalue weighted by molar-refractivity contribution is 6.04. The van der Waals surface area contributed by atoms with Gasteiger partial charge in [0.05, 0.1) is 12.8 Å². The Hall–Kier alpha value is -2.04. The van der Waals surface area contributed by atoms with Crippen molar-refractivity contribution in [2.45, 2.75) is 31.4 Å². The summed E-state index contributed by atoms with van der Waals surface area (Å²) in [5.41, 5.74) is 1.76. The van der Waals surface area contributed by atoms with Gasteiger partial charge in [-0.05, 0) is 42.7 Å². The third-order valence-electron chi connectivity index (χ3n) is 3.31. The Balaban J connectivity index is 1.61. The monoisotopic (exact) mass is 260 g/mol. The molecule has 0 radical (unpaired) electrons. The SMILES string of the molecule is COc1ccc(C2=NOC(C(=O)NC3CC3)C2)cc1. The molecular formula is C14H16N2O3. The van der Waals surface area contributed by atoms with Crippen molar-refractivity contribution in [3.8, 4) is 5.75 Å². The van der Waals surface area contributed by atoms with Gasteiger partial charge in [0.15, 0.2) is 0 Å². The van der Waals surface area contributed by atoms with Crippen molar-refractivity contribution in [1.82, 2.24) is 5.32 Å². The molecule has 1 aromatic carbocycles. The summed E-state index contributed by atoms with van der Waals surface area (Å²) in [6.45, 7) is 0. The highest BCUT2D eigenvalue weighted by atomic mass is 16.6. The summed E-state index contributed by atoms with van der Waals surface area (Å²) in [6, 6.07) is 7.93. The van der Waals surface area contributed by atoms with E-state index in [1.165, 1.54) is 0 Å². The third kappa shape index (κ3) is 2.70. The molecule has 1 aromatic rings. The normalized spacial score (nSPS) is 21.5. The van der Waals surface area contributed by atoms with Gasteiger partial charge in [0.1, 0.15) is 5.75 Å². The number of nitrogens with one attached hydrogen (secondary N) is 1. The van der Waals surface area contributed by atoms with E-state index < -0.39 is 6.10 Å². The van der Waals surface area contributed by atoms with Crippen LogP contribution in [0.2, 0.25) is 0 Å². The van der Waals surface area contributed by atoms with Gasteiger partial charge in [-0.25, -0.2) is 0 Å². The second kappa shape index (κ2) is 4.91. The Morgan fingerprint density at radius 1 is 1.37 bits per heavy atom. The van der Waals surface area contributed by atoms with Gasteiger partial charge < -0.3 is 14.9 Å². The fourth-order valence-electron chi connectivity index (χ4n) is 1.99. The molecule has 1 saturated carbocycles. The summed E-state index contributed by atoms with van der Waals surface area (Å²) in [4.78, 5) is 17.1. The van der Waals surface area contributed by atoms with Crippen molar-refractivity contribution in [2.75, 3.05) is 7.11 Å². The molecule has 3 rings (SSSR count). The molecule has 5 nitrogen and oxygen atoms in total. The molecule has 0 bridgehead atoms. The van der Waals surface area contributed by atoms with Crippen molar-refractivity contribution < 1.29 is 14.4 Å². The van der Waals surface area contributed by atoms with E-state index >= 15 is 0 Å². The first-order chi connectivity index (χ1) is 9.26. The Labute approximate surface area is 111 Å². The number of amides is 1. The van der Waals surface area contributed by atoms with Crippen LogP contribution in [0.25, 0.3) is 0 Å². The van der Waals surface area contributed by atoms with Gasteiger partial charge in [0.2, 0.25) is 6.10 Å². The zero-order valence-electron chi connectivity index (χ0n) is 10.8. The summed E-state index contributed by atoms with van der Waals surface area (Å²) < 4.78 is 5.11. The molecule has 1 aliphatic heterocycles. The number of nitrogens with zero attached hydrogens (tertiary/aromatic N) is 1. The molecule has 1 unspecified atom stereocenters. The van der Waals surface area contributed by atoms with Crippen LogP contribution in [0.3, 0.4) is 0 Å². The number of hydrogen-bond donors (Lipinski definition) is 1. The Bertz CT molecular complexity index is 506. The van der Waals surface area contributed by atoms with Gasteiger partial charge in [0.25, 0.3) is 5.91 Å². The lowest BCUT2D eigenvalue weighted by atomic mass is 10.0. The number of hydrogen-bond acceptors (Lipinski definition) is 4. The van der Waals surface area contributed by atoms with Crippen LogP contribution in [0.5, 0.6) is 5.75 Å². The Kier molecular flexibility index (Phi) is 3.11. The number of carbonyl (C=O) groups excluding carboxylic acids is 1. The highest BCUT2D eigenvalue weighted by Gasteiger charge is 2.32. The van der Waals surface area contributed by atoms with Crippen molar-refractivity contribution in [3.63, 3.8) is 0 Å². The van der Waals surface area contributed by atoms with Crippen molar-refractivity contribution in [1.29, 1.82) is 0 Å². The molecule has 0 aromatic heterocycles. The maximum atomic E-state index is 11.8. The lowest BCUT2D eigenvalue weighted by molar-refractivity contribution is -0.131. The van der Waals surface area contributed by atoms with Crippen LogP contribution >= 0.6 is 0 Å². The van der Waals surface area contributed by atoms with Crippen molar-refractivity contribution in [3.05, 3.63) is 29.8 Å². The predicted octanol–water partition coefficient (Wildman–Crippen LogP) is 1.47. The molecule has 1 N–H and O–H groups in total. The minimum atomic E-state index is -0.488. The molecule has 1 fully saturated rings. The Morgan fingerprint density at radius 3 is 2.74 bits per heavy atom. The first kappa shape index (κ1) is 12.0. The highest BCUT2D eigenvalue weighted by Crippen LogP contribution is 2.22. The number of ether oxygens (including phenoxy) is 1. The molecule has 5 heteroatoms. The topological polar surface area (TPSA) is 59.9 Å². The van der Waals surface area contributed by atoms with E-state index in [9.17, 15) is 4.79 Å². The molecule has 1 atom stereocenters. The number of methoxy groups -OCH3 is 1. The third-order valence-corrected chi connectivity index (χ3v) is 3.31. The fraction of sp³-hybridized carbons (Fsp3) is 0.429. The number of oxime groups is 1. The number of benzene rings is 1. The van der Waals surface area contributed by atoms with Crippen LogP contribution in [0, 0.1) is 0 Å². The molecule has 100 valence electrons. The van der Waals surface area contributed by atoms with Gasteiger partial charge in [-0.3, -0.25) is 4.79 Å². The van der Waals surface area contributed by atoms with E-state index in [4.69, 9.17) is 9.57 Å². The minimum Gasteiger partial charge on any atom is -0.497 e. The summed E-state index contributed by atoms with van der Waals surface area (Å²) in [5, 5.41) is 6.94. The summed E-state index contributed by atoms with van der Waals surface area (Å²) in [6.07, 6.45) is 2.18. The standard InChI is InChI=1S/C14H16N2O3/c1-18-11-6-2-9(3-7-11)12-8-13(19-16-12)14(17)15-10-4-5-10/h2-3,6-7,10,13H,4-5,8H2,1H3,(H,15,17). The summed E-state index contributed by atoms with van der Waals surface area (Å²) in [7, 11) is 1.63. The minimum absolute atomic E-state index is 0.0604. The Morgan fingerprint density at radius 2 is 2.11 bits per heavy atom. The van der Waals surface area contributed by atoms with Gasteiger partial charge in [-0.1, -0.05) is 5.16 Å². The van der Waals surface area contributed by atoms with Crippen molar-refractivity contribution in [2.24, 2.45) is 5.16 Å². The van der Waals surface area contributed by atoms with Crippen LogP contribution in [-0.4, -0.2) is 30.9 Å². The molecule has 0 saturated heterocycles. The molecule has 1 aliphatic carbocycles. The fourth-order valence-corrected chi connectivity index (χ4v) is 1.99. The van der Waals surface area contributed by atoms with Crippen LogP contribution in [-0.2, 0) is 9.63 Å².